The number of hydrogen-bond donors (Lipinski definition) is 3. The number of benzene rings is 1. The number of anilines is 2. The van der Waals surface area contributed by atoms with Gasteiger partial charge in [-0.1, -0.05) is 0 Å². The molecule has 0 atom stereocenters. The lowest BCUT2D eigenvalue weighted by Gasteiger charge is -2.36. The van der Waals surface area contributed by atoms with Gasteiger partial charge >= 0.3 is 5.76 Å². The fourth-order valence-electron chi connectivity index (χ4n) is 2.41. The van der Waals surface area contributed by atoms with Crippen molar-refractivity contribution in [1.29, 1.82) is 0 Å². The highest BCUT2D eigenvalue weighted by Gasteiger charge is 2.29. The van der Waals surface area contributed by atoms with Gasteiger partial charge in [0.2, 0.25) is 0 Å². The Morgan fingerprint density at radius 2 is 2.32 bits per heavy atom. The van der Waals surface area contributed by atoms with E-state index in [9.17, 15) is 4.79 Å². The Balaban J connectivity index is 1.74. The zero-order valence-corrected chi connectivity index (χ0v) is 10.7. The molecule has 0 bridgehead atoms. The van der Waals surface area contributed by atoms with Crippen molar-refractivity contribution in [3.63, 3.8) is 0 Å². The molecule has 1 aromatic heterocycles. The molecule has 6 heteroatoms. The number of nitrogen functional groups attached to an aromatic ring is 1. The van der Waals surface area contributed by atoms with Crippen LogP contribution in [0.1, 0.15) is 19.8 Å². The number of nitrogens with one attached hydrogen (secondary N) is 2. The zero-order chi connectivity index (χ0) is 13.4. The highest BCUT2D eigenvalue weighted by molar-refractivity contribution is 5.85. The number of ether oxygens (including phenoxy) is 1. The average Bonchev–Trinajstić information content (AvgIpc) is 2.66. The van der Waals surface area contributed by atoms with E-state index >= 15 is 0 Å². The molecule has 3 rings (SSSR count). The van der Waals surface area contributed by atoms with E-state index in [-0.39, 0.29) is 0 Å². The van der Waals surface area contributed by atoms with Gasteiger partial charge in [-0.2, -0.15) is 0 Å². The van der Waals surface area contributed by atoms with Gasteiger partial charge in [0, 0.05) is 18.7 Å². The van der Waals surface area contributed by atoms with Crippen LogP contribution in [-0.4, -0.2) is 23.7 Å². The smallest absolute Gasteiger partial charge is 0.408 e. The lowest BCUT2D eigenvalue weighted by atomic mass is 9.89. The summed E-state index contributed by atoms with van der Waals surface area (Å²) in [5.41, 5.74) is 8.48. The second kappa shape index (κ2) is 4.62. The highest BCUT2D eigenvalue weighted by Crippen LogP contribution is 2.31. The minimum absolute atomic E-state index is 0.348. The topological polar surface area (TPSA) is 93.3 Å². The van der Waals surface area contributed by atoms with Gasteiger partial charge in [-0.3, -0.25) is 4.98 Å². The summed E-state index contributed by atoms with van der Waals surface area (Å²) in [6, 6.07) is 3.84. The minimum Gasteiger partial charge on any atom is -0.408 e. The fraction of sp³-hybridized carbons (Fsp3) is 0.462. The molecule has 1 heterocycles. The van der Waals surface area contributed by atoms with Crippen LogP contribution in [0.5, 0.6) is 0 Å². The summed E-state index contributed by atoms with van der Waals surface area (Å²) in [6.07, 6.45) is 2.31. The summed E-state index contributed by atoms with van der Waals surface area (Å²) in [6.45, 7) is 2.75. The van der Waals surface area contributed by atoms with Gasteiger partial charge in [-0.15, -0.1) is 0 Å². The Kier molecular flexibility index (Phi) is 2.94. The molecule has 0 aliphatic heterocycles. The van der Waals surface area contributed by atoms with Crippen molar-refractivity contribution in [3.05, 3.63) is 22.7 Å². The summed E-state index contributed by atoms with van der Waals surface area (Å²) in [5, 5.41) is 3.37. The van der Waals surface area contributed by atoms with Crippen LogP contribution in [0.3, 0.4) is 0 Å². The maximum absolute atomic E-state index is 11.1. The fourth-order valence-corrected chi connectivity index (χ4v) is 2.41. The molecule has 0 saturated heterocycles. The maximum Gasteiger partial charge on any atom is 0.417 e. The van der Waals surface area contributed by atoms with Crippen LogP contribution in [0.2, 0.25) is 0 Å². The molecule has 1 saturated carbocycles. The molecule has 102 valence electrons. The molecule has 6 nitrogen and oxygen atoms in total. The first kappa shape index (κ1) is 12.1. The summed E-state index contributed by atoms with van der Waals surface area (Å²) in [4.78, 5) is 13.7. The van der Waals surface area contributed by atoms with E-state index in [2.05, 4.69) is 10.3 Å². The highest BCUT2D eigenvalue weighted by atomic mass is 16.5. The van der Waals surface area contributed by atoms with Crippen LogP contribution in [0.15, 0.2) is 21.3 Å². The first-order valence-corrected chi connectivity index (χ1v) is 6.46. The number of aromatic nitrogens is 1. The van der Waals surface area contributed by atoms with E-state index in [0.717, 1.165) is 25.1 Å². The van der Waals surface area contributed by atoms with Gasteiger partial charge in [0.15, 0.2) is 5.58 Å². The van der Waals surface area contributed by atoms with E-state index in [1.165, 1.54) is 0 Å². The Labute approximate surface area is 109 Å². The van der Waals surface area contributed by atoms with Gasteiger partial charge in [0.05, 0.1) is 23.0 Å². The van der Waals surface area contributed by atoms with Crippen LogP contribution in [0.25, 0.3) is 11.1 Å². The van der Waals surface area contributed by atoms with Gasteiger partial charge in [-0.25, -0.2) is 4.79 Å². The standard InChI is InChI=1S/C13H17N3O3/c1-2-18-8-3-7(4-8)15-10-6-11-12(5-9(10)14)19-13(17)16-11/h5-8,15H,2-4,14H2,1H3,(H,16,17). The van der Waals surface area contributed by atoms with Gasteiger partial charge in [-0.05, 0) is 25.8 Å². The number of aromatic amines is 1. The third kappa shape index (κ3) is 2.31. The van der Waals surface area contributed by atoms with Gasteiger partial charge in [0.1, 0.15) is 0 Å². The summed E-state index contributed by atoms with van der Waals surface area (Å²) in [5.74, 6) is -0.466. The summed E-state index contributed by atoms with van der Waals surface area (Å²) < 4.78 is 10.5. The Bertz CT molecular complexity index is 640. The molecule has 1 aromatic carbocycles. The van der Waals surface area contributed by atoms with Crippen LogP contribution >= 0.6 is 0 Å². The third-order valence-electron chi connectivity index (χ3n) is 3.45. The van der Waals surface area contributed by atoms with Gasteiger partial charge < -0.3 is 20.2 Å². The second-order valence-electron chi connectivity index (χ2n) is 4.84. The summed E-state index contributed by atoms with van der Waals surface area (Å²) in [7, 11) is 0. The molecular weight excluding hydrogens is 246 g/mol. The zero-order valence-electron chi connectivity index (χ0n) is 10.7. The van der Waals surface area contributed by atoms with Crippen molar-refractivity contribution in [1.82, 2.24) is 4.98 Å². The SMILES string of the molecule is CCOC1CC(Nc2cc3[nH]c(=O)oc3cc2N)C1. The average molecular weight is 263 g/mol. The maximum atomic E-state index is 11.1. The van der Waals surface area contributed by atoms with E-state index in [4.69, 9.17) is 14.9 Å². The first-order chi connectivity index (χ1) is 9.15. The van der Waals surface area contributed by atoms with E-state index in [1.54, 1.807) is 6.07 Å². The number of oxazole rings is 1. The van der Waals surface area contributed by atoms with Crippen LogP contribution in [-0.2, 0) is 4.74 Å². The molecule has 1 aliphatic rings. The monoisotopic (exact) mass is 263 g/mol. The molecule has 0 radical (unpaired) electrons. The Morgan fingerprint density at radius 3 is 3.05 bits per heavy atom. The first-order valence-electron chi connectivity index (χ1n) is 6.46. The molecule has 4 N–H and O–H groups in total. The number of H-pyrrole nitrogens is 1. The number of hydrogen-bond acceptors (Lipinski definition) is 5. The van der Waals surface area contributed by atoms with Crippen molar-refractivity contribution in [2.45, 2.75) is 31.9 Å². The van der Waals surface area contributed by atoms with E-state index < -0.39 is 5.76 Å². The lowest BCUT2D eigenvalue weighted by Crippen LogP contribution is -2.40. The normalized spacial score (nSPS) is 22.4. The summed E-state index contributed by atoms with van der Waals surface area (Å²) >= 11 is 0. The molecule has 0 amide bonds. The predicted molar refractivity (Wildman–Crippen MR) is 73.3 cm³/mol. The van der Waals surface area contributed by atoms with Crippen LogP contribution in [0, 0.1) is 0 Å². The third-order valence-corrected chi connectivity index (χ3v) is 3.45. The number of nitrogens with two attached hydrogens (primary N) is 1. The van der Waals surface area contributed by atoms with Crippen molar-refractivity contribution in [2.75, 3.05) is 17.7 Å². The predicted octanol–water partition coefficient (Wildman–Crippen LogP) is 1.68. The van der Waals surface area contributed by atoms with E-state index in [1.807, 2.05) is 13.0 Å². The second-order valence-corrected chi connectivity index (χ2v) is 4.84. The van der Waals surface area contributed by atoms with Crippen LogP contribution < -0.4 is 16.8 Å². The number of rotatable bonds is 4. The molecular formula is C13H17N3O3. The van der Waals surface area contributed by atoms with Crippen molar-refractivity contribution in [2.24, 2.45) is 0 Å². The molecule has 0 spiro atoms. The molecule has 1 fully saturated rings. The molecule has 2 aromatic rings. The van der Waals surface area contributed by atoms with Crippen molar-refractivity contribution < 1.29 is 9.15 Å². The molecule has 0 unspecified atom stereocenters. The molecule has 1 aliphatic carbocycles. The van der Waals surface area contributed by atoms with Crippen molar-refractivity contribution >= 4 is 22.5 Å². The Hall–Kier alpha value is -1.95. The quantitative estimate of drug-likeness (QED) is 0.730. The van der Waals surface area contributed by atoms with E-state index in [0.29, 0.717) is 28.9 Å². The largest absolute Gasteiger partial charge is 0.417 e. The van der Waals surface area contributed by atoms with Crippen molar-refractivity contribution in [3.8, 4) is 0 Å². The molecule has 19 heavy (non-hydrogen) atoms. The number of fused-ring (bicyclic) bond motifs is 1. The Morgan fingerprint density at radius 1 is 1.53 bits per heavy atom. The van der Waals surface area contributed by atoms with Gasteiger partial charge in [0.25, 0.3) is 0 Å². The lowest BCUT2D eigenvalue weighted by molar-refractivity contribution is 0.00300. The van der Waals surface area contributed by atoms with Crippen LogP contribution in [0.4, 0.5) is 11.4 Å². The minimum atomic E-state index is -0.466.